The number of rotatable bonds is 3. The third kappa shape index (κ3) is 2.94. The summed E-state index contributed by atoms with van der Waals surface area (Å²) in [6.07, 6.45) is 1.54. The first kappa shape index (κ1) is 14.0. The Labute approximate surface area is 117 Å². The number of hydrogen-bond acceptors (Lipinski definition) is 3. The number of halogens is 1. The van der Waals surface area contributed by atoms with Crippen molar-refractivity contribution in [2.24, 2.45) is 0 Å². The Bertz CT molecular complexity index is 424. The van der Waals surface area contributed by atoms with E-state index in [1.54, 1.807) is 4.99 Å². The van der Waals surface area contributed by atoms with E-state index >= 15 is 0 Å². The van der Waals surface area contributed by atoms with Crippen LogP contribution in [0.1, 0.15) is 31.0 Å². The van der Waals surface area contributed by atoms with Crippen LogP contribution < -0.4 is 4.89 Å². The number of benzene rings is 1. The second kappa shape index (κ2) is 6.16. The molecule has 1 heterocycles. The zero-order valence-electron chi connectivity index (χ0n) is 10.2. The van der Waals surface area contributed by atoms with Gasteiger partial charge in [0.1, 0.15) is 0 Å². The van der Waals surface area contributed by atoms with Crippen molar-refractivity contribution in [3.63, 3.8) is 0 Å². The Hall–Kier alpha value is -0.410. The van der Waals surface area contributed by atoms with Gasteiger partial charge in [-0.25, -0.2) is 4.52 Å². The van der Waals surface area contributed by atoms with Crippen LogP contribution in [0.15, 0.2) is 41.1 Å². The molecule has 0 N–H and O–H groups in total. The van der Waals surface area contributed by atoms with Crippen LogP contribution in [-0.4, -0.2) is 6.61 Å². The summed E-state index contributed by atoms with van der Waals surface area (Å²) in [7, 11) is -3.12. The van der Waals surface area contributed by atoms with Gasteiger partial charge in [-0.1, -0.05) is 46.3 Å². The molecule has 0 aliphatic carbocycles. The summed E-state index contributed by atoms with van der Waals surface area (Å²) in [5.74, 6) is 0.693. The molecule has 0 spiro atoms. The van der Waals surface area contributed by atoms with Gasteiger partial charge in [-0.2, -0.15) is 0 Å². The zero-order valence-corrected chi connectivity index (χ0v) is 12.7. The van der Waals surface area contributed by atoms with E-state index in [0.29, 0.717) is 12.4 Å². The minimum atomic E-state index is -3.12. The van der Waals surface area contributed by atoms with Crippen LogP contribution in [0, 0.1) is 0 Å². The summed E-state index contributed by atoms with van der Waals surface area (Å²) in [4.78, 5) is 14.5. The normalized spacial score (nSPS) is 30.2. The minimum absolute atomic E-state index is 0.171. The van der Waals surface area contributed by atoms with Gasteiger partial charge >= 0.3 is 0 Å². The summed E-state index contributed by atoms with van der Waals surface area (Å²) in [6, 6.07) is 9.79. The van der Waals surface area contributed by atoms with Crippen LogP contribution in [0.3, 0.4) is 0 Å². The Morgan fingerprint density at radius 2 is 2.22 bits per heavy atom. The molecule has 1 aromatic rings. The molecule has 1 aromatic carbocycles. The lowest BCUT2D eigenvalue weighted by molar-refractivity contribution is -0.221. The lowest BCUT2D eigenvalue weighted by atomic mass is 10.1. The summed E-state index contributed by atoms with van der Waals surface area (Å²) in [5, 5.41) is 0. The molecule has 1 aliphatic rings. The van der Waals surface area contributed by atoms with Crippen LogP contribution in [0.5, 0.6) is 0 Å². The lowest BCUT2D eigenvalue weighted by Crippen LogP contribution is -2.26. The van der Waals surface area contributed by atoms with Crippen LogP contribution in [0.4, 0.5) is 0 Å². The van der Waals surface area contributed by atoms with Gasteiger partial charge in [0.25, 0.3) is 7.94 Å². The van der Waals surface area contributed by atoms with Crippen molar-refractivity contribution >= 4 is 23.9 Å². The zero-order chi connectivity index (χ0) is 13.0. The molecule has 1 fully saturated rings. The van der Waals surface area contributed by atoms with E-state index in [1.807, 2.05) is 37.3 Å². The maximum Gasteiger partial charge on any atom is 0.291 e. The maximum absolute atomic E-state index is 12.8. The van der Waals surface area contributed by atoms with E-state index in [4.69, 9.17) is 9.05 Å². The van der Waals surface area contributed by atoms with Gasteiger partial charge in [0.15, 0.2) is 11.4 Å². The molecule has 2 rings (SSSR count). The lowest BCUT2D eigenvalue weighted by Gasteiger charge is -2.38. The van der Waals surface area contributed by atoms with Crippen molar-refractivity contribution in [3.05, 3.63) is 46.6 Å². The van der Waals surface area contributed by atoms with Gasteiger partial charge in [-0.05, 0) is 12.5 Å². The highest BCUT2D eigenvalue weighted by Gasteiger charge is 2.46. The van der Waals surface area contributed by atoms with E-state index in [0.717, 1.165) is 18.4 Å². The third-order valence-corrected chi connectivity index (χ3v) is 5.84. The van der Waals surface area contributed by atoms with E-state index in [2.05, 4.69) is 15.9 Å². The van der Waals surface area contributed by atoms with E-state index in [9.17, 15) is 4.89 Å². The predicted molar refractivity (Wildman–Crippen MR) is 75.1 cm³/mol. The molecular formula is C13H16BrO3P. The fourth-order valence-electron chi connectivity index (χ4n) is 2.10. The monoisotopic (exact) mass is 330 g/mol. The molecule has 0 amide bonds. The predicted octanol–water partition coefficient (Wildman–Crippen LogP) is 3.93. The largest absolute Gasteiger partial charge is 0.624 e. The molecule has 2 atom stereocenters. The second-order valence-electron chi connectivity index (χ2n) is 4.09. The van der Waals surface area contributed by atoms with Crippen molar-refractivity contribution in [2.75, 3.05) is 6.61 Å². The third-order valence-electron chi connectivity index (χ3n) is 2.91. The van der Waals surface area contributed by atoms with Gasteiger partial charge in [-0.3, -0.25) is 0 Å². The van der Waals surface area contributed by atoms with Crippen LogP contribution in [-0.2, 0) is 9.05 Å². The summed E-state index contributed by atoms with van der Waals surface area (Å²) < 4.78 is 11.0. The van der Waals surface area contributed by atoms with Crippen LogP contribution in [0.2, 0.25) is 0 Å². The van der Waals surface area contributed by atoms with Crippen LogP contribution >= 0.6 is 23.9 Å². The molecule has 18 heavy (non-hydrogen) atoms. The van der Waals surface area contributed by atoms with Crippen molar-refractivity contribution in [2.45, 2.75) is 25.4 Å². The average Bonchev–Trinajstić information content (AvgIpc) is 2.39. The standard InChI is InChI=1S/C13H16BrO3P/c1-2-16-18(15)13(9-8-12(10-14)17-18)11-6-4-3-5-7-11/h3-7,10,13H,2,8-9H2,1H3/b12-10+. The van der Waals surface area contributed by atoms with Crippen molar-refractivity contribution < 1.29 is 13.9 Å². The summed E-state index contributed by atoms with van der Waals surface area (Å²) >= 11 is 3.23. The maximum atomic E-state index is 12.8. The van der Waals surface area contributed by atoms with E-state index in [1.165, 1.54) is 0 Å². The number of hydrogen-bond donors (Lipinski definition) is 0. The first-order valence-corrected chi connectivity index (χ1v) is 8.50. The SMILES string of the molecule is CCO[P+]1([O-])O/C(=C/Br)CCC1c1ccccc1. The Morgan fingerprint density at radius 3 is 2.83 bits per heavy atom. The van der Waals surface area contributed by atoms with Gasteiger partial charge in [0.2, 0.25) is 0 Å². The van der Waals surface area contributed by atoms with E-state index in [-0.39, 0.29) is 5.66 Å². The van der Waals surface area contributed by atoms with Gasteiger partial charge in [0.05, 0.1) is 6.61 Å². The van der Waals surface area contributed by atoms with Crippen molar-refractivity contribution in [1.82, 2.24) is 0 Å². The molecule has 0 bridgehead atoms. The first-order chi connectivity index (χ1) is 8.69. The molecule has 3 nitrogen and oxygen atoms in total. The summed E-state index contributed by atoms with van der Waals surface area (Å²) in [6.45, 7) is 2.22. The highest BCUT2D eigenvalue weighted by Crippen LogP contribution is 2.70. The molecule has 98 valence electrons. The minimum Gasteiger partial charge on any atom is -0.624 e. The topological polar surface area (TPSA) is 41.5 Å². The fraction of sp³-hybridized carbons (Fsp3) is 0.385. The molecule has 1 aliphatic heterocycles. The van der Waals surface area contributed by atoms with Gasteiger partial charge in [0, 0.05) is 17.8 Å². The van der Waals surface area contributed by atoms with Crippen molar-refractivity contribution in [3.8, 4) is 0 Å². The van der Waals surface area contributed by atoms with E-state index < -0.39 is 7.94 Å². The molecule has 0 aromatic heterocycles. The Balaban J connectivity index is 2.28. The molecule has 0 radical (unpaired) electrons. The van der Waals surface area contributed by atoms with Gasteiger partial charge < -0.3 is 9.42 Å². The molecule has 1 saturated heterocycles. The van der Waals surface area contributed by atoms with Crippen molar-refractivity contribution in [1.29, 1.82) is 0 Å². The average molecular weight is 331 g/mol. The van der Waals surface area contributed by atoms with Crippen LogP contribution in [0.25, 0.3) is 0 Å². The second-order valence-corrected chi connectivity index (χ2v) is 6.69. The number of allylic oxidation sites excluding steroid dienone is 1. The quantitative estimate of drug-likeness (QED) is 0.788. The summed E-state index contributed by atoms with van der Waals surface area (Å²) in [5.41, 5.74) is 0.845. The Morgan fingerprint density at radius 1 is 1.50 bits per heavy atom. The van der Waals surface area contributed by atoms with Gasteiger partial charge in [-0.15, -0.1) is 0 Å². The fourth-order valence-corrected chi connectivity index (χ4v) is 4.75. The molecular weight excluding hydrogens is 315 g/mol. The molecule has 0 saturated carbocycles. The highest BCUT2D eigenvalue weighted by atomic mass is 79.9. The smallest absolute Gasteiger partial charge is 0.291 e. The molecule has 5 heteroatoms. The molecule has 2 unspecified atom stereocenters. The first-order valence-electron chi connectivity index (χ1n) is 5.97. The Kier molecular flexibility index (Phi) is 4.79. The highest BCUT2D eigenvalue weighted by molar-refractivity contribution is 9.11.